The van der Waals surface area contributed by atoms with Crippen LogP contribution in [0.2, 0.25) is 5.02 Å². The molecule has 1 aliphatic carbocycles. The summed E-state index contributed by atoms with van der Waals surface area (Å²) in [5.74, 6) is 0.639. The van der Waals surface area contributed by atoms with Crippen molar-refractivity contribution < 1.29 is 0 Å². The molecule has 2 aromatic carbocycles. The van der Waals surface area contributed by atoms with E-state index in [-0.39, 0.29) is 0 Å². The summed E-state index contributed by atoms with van der Waals surface area (Å²) in [6.45, 7) is 0. The highest BCUT2D eigenvalue weighted by molar-refractivity contribution is 6.30. The summed E-state index contributed by atoms with van der Waals surface area (Å²) in [6.07, 6.45) is 4.85. The van der Waals surface area contributed by atoms with Gasteiger partial charge < -0.3 is 5.32 Å². The fourth-order valence-corrected chi connectivity index (χ4v) is 3.70. The minimum atomic E-state index is 0.444. The van der Waals surface area contributed by atoms with E-state index in [2.05, 4.69) is 48.8 Å². The predicted octanol–water partition coefficient (Wildman–Crippen LogP) is 4.80. The van der Waals surface area contributed by atoms with Crippen molar-refractivity contribution in [2.45, 2.75) is 31.7 Å². The van der Waals surface area contributed by atoms with Crippen LogP contribution < -0.4 is 5.32 Å². The van der Waals surface area contributed by atoms with E-state index in [0.717, 1.165) is 11.4 Å². The molecule has 1 aliphatic rings. The van der Waals surface area contributed by atoms with Gasteiger partial charge >= 0.3 is 0 Å². The molecular weight excluding hydrogens is 278 g/mol. The first kappa shape index (κ1) is 14.6. The molecule has 0 bridgehead atoms. The van der Waals surface area contributed by atoms with E-state index in [0.29, 0.717) is 12.0 Å². The van der Waals surface area contributed by atoms with Crippen LogP contribution in [0.25, 0.3) is 0 Å². The Morgan fingerprint density at radius 1 is 1.10 bits per heavy atom. The highest BCUT2D eigenvalue weighted by Crippen LogP contribution is 2.35. The molecule has 0 aromatic heterocycles. The second kappa shape index (κ2) is 6.64. The van der Waals surface area contributed by atoms with Crippen LogP contribution in [0, 0.1) is 5.92 Å². The molecule has 0 saturated heterocycles. The van der Waals surface area contributed by atoms with Gasteiger partial charge in [-0.3, -0.25) is 0 Å². The van der Waals surface area contributed by atoms with Crippen molar-refractivity contribution in [3.05, 3.63) is 70.2 Å². The van der Waals surface area contributed by atoms with Gasteiger partial charge in [-0.1, -0.05) is 48.0 Å². The lowest BCUT2D eigenvalue weighted by atomic mass is 9.86. The average Bonchev–Trinajstić information content (AvgIpc) is 2.68. The predicted molar refractivity (Wildman–Crippen MR) is 89.8 cm³/mol. The highest BCUT2D eigenvalue weighted by Gasteiger charge is 2.26. The SMILES string of the molecule is CNC1c2ccccc2CCCC1Cc1ccc(Cl)cc1. The number of hydrogen-bond donors (Lipinski definition) is 1. The Bertz CT molecular complexity index is 591. The molecule has 2 heteroatoms. The molecule has 2 atom stereocenters. The Balaban J connectivity index is 1.86. The number of fused-ring (bicyclic) bond motifs is 1. The molecule has 0 fully saturated rings. The highest BCUT2D eigenvalue weighted by atomic mass is 35.5. The summed E-state index contributed by atoms with van der Waals surface area (Å²) in [6, 6.07) is 17.6. The third kappa shape index (κ3) is 3.30. The van der Waals surface area contributed by atoms with Crippen LogP contribution in [0.3, 0.4) is 0 Å². The van der Waals surface area contributed by atoms with Crippen LogP contribution in [-0.2, 0) is 12.8 Å². The molecule has 2 unspecified atom stereocenters. The van der Waals surface area contributed by atoms with E-state index in [9.17, 15) is 0 Å². The molecule has 3 rings (SSSR count). The molecule has 0 spiro atoms. The van der Waals surface area contributed by atoms with E-state index < -0.39 is 0 Å². The summed E-state index contributed by atoms with van der Waals surface area (Å²) < 4.78 is 0. The van der Waals surface area contributed by atoms with Crippen LogP contribution in [0.4, 0.5) is 0 Å². The maximum atomic E-state index is 5.99. The first-order valence-corrected chi connectivity index (χ1v) is 8.15. The van der Waals surface area contributed by atoms with Crippen LogP contribution in [0.5, 0.6) is 0 Å². The Hall–Kier alpha value is -1.31. The van der Waals surface area contributed by atoms with E-state index in [1.165, 1.54) is 36.0 Å². The van der Waals surface area contributed by atoms with Crippen LogP contribution >= 0.6 is 11.6 Å². The lowest BCUT2D eigenvalue weighted by molar-refractivity contribution is 0.359. The van der Waals surface area contributed by atoms with Gasteiger partial charge in [0.05, 0.1) is 0 Å². The summed E-state index contributed by atoms with van der Waals surface area (Å²) in [5, 5.41) is 4.37. The Morgan fingerprint density at radius 2 is 1.86 bits per heavy atom. The zero-order valence-corrected chi connectivity index (χ0v) is 13.2. The molecule has 0 radical (unpaired) electrons. The largest absolute Gasteiger partial charge is 0.313 e. The number of aryl methyl sites for hydroxylation is 1. The molecule has 2 aromatic rings. The van der Waals surface area contributed by atoms with E-state index in [1.807, 2.05) is 12.1 Å². The fraction of sp³-hybridized carbons (Fsp3) is 0.368. The number of hydrogen-bond acceptors (Lipinski definition) is 1. The van der Waals surface area contributed by atoms with Crippen molar-refractivity contribution in [2.24, 2.45) is 5.92 Å². The van der Waals surface area contributed by atoms with E-state index in [1.54, 1.807) is 0 Å². The molecule has 1 N–H and O–H groups in total. The monoisotopic (exact) mass is 299 g/mol. The van der Waals surface area contributed by atoms with Gasteiger partial charge in [0.15, 0.2) is 0 Å². The molecule has 21 heavy (non-hydrogen) atoms. The van der Waals surface area contributed by atoms with Gasteiger partial charge in [0, 0.05) is 11.1 Å². The van der Waals surface area contributed by atoms with Gasteiger partial charge in [-0.05, 0) is 67.5 Å². The van der Waals surface area contributed by atoms with Crippen molar-refractivity contribution in [1.82, 2.24) is 5.32 Å². The first-order chi connectivity index (χ1) is 10.3. The molecular formula is C19H22ClN. The molecule has 0 amide bonds. The van der Waals surface area contributed by atoms with Gasteiger partial charge in [-0.2, -0.15) is 0 Å². The summed E-state index contributed by atoms with van der Waals surface area (Å²) >= 11 is 5.99. The maximum absolute atomic E-state index is 5.99. The summed E-state index contributed by atoms with van der Waals surface area (Å²) in [5.41, 5.74) is 4.37. The van der Waals surface area contributed by atoms with Crippen LogP contribution in [-0.4, -0.2) is 7.05 Å². The van der Waals surface area contributed by atoms with E-state index in [4.69, 9.17) is 11.6 Å². The van der Waals surface area contributed by atoms with Crippen molar-refractivity contribution in [1.29, 1.82) is 0 Å². The molecule has 0 aliphatic heterocycles. The number of rotatable bonds is 3. The summed E-state index contributed by atoms with van der Waals surface area (Å²) in [4.78, 5) is 0. The quantitative estimate of drug-likeness (QED) is 0.803. The topological polar surface area (TPSA) is 12.0 Å². The van der Waals surface area contributed by atoms with Crippen molar-refractivity contribution >= 4 is 11.6 Å². The van der Waals surface area contributed by atoms with E-state index >= 15 is 0 Å². The third-order valence-electron chi connectivity index (χ3n) is 4.60. The van der Waals surface area contributed by atoms with Crippen molar-refractivity contribution in [2.75, 3.05) is 7.05 Å². The molecule has 0 heterocycles. The lowest BCUT2D eigenvalue weighted by Crippen LogP contribution is -2.26. The smallest absolute Gasteiger partial charge is 0.0406 e. The number of halogens is 1. The minimum Gasteiger partial charge on any atom is -0.313 e. The molecule has 110 valence electrons. The minimum absolute atomic E-state index is 0.444. The lowest BCUT2D eigenvalue weighted by Gasteiger charge is -2.26. The number of benzene rings is 2. The van der Waals surface area contributed by atoms with Crippen molar-refractivity contribution in [3.63, 3.8) is 0 Å². The zero-order valence-electron chi connectivity index (χ0n) is 12.5. The second-order valence-corrected chi connectivity index (χ2v) is 6.38. The van der Waals surface area contributed by atoms with Gasteiger partial charge in [0.2, 0.25) is 0 Å². The number of nitrogens with one attached hydrogen (secondary N) is 1. The molecule has 1 nitrogen and oxygen atoms in total. The zero-order chi connectivity index (χ0) is 14.7. The molecule has 0 saturated carbocycles. The van der Waals surface area contributed by atoms with Gasteiger partial charge in [0.1, 0.15) is 0 Å². The third-order valence-corrected chi connectivity index (χ3v) is 4.86. The Kier molecular flexibility index (Phi) is 4.62. The Labute approximate surface area is 132 Å². The Morgan fingerprint density at radius 3 is 2.62 bits per heavy atom. The fourth-order valence-electron chi connectivity index (χ4n) is 3.57. The average molecular weight is 300 g/mol. The summed E-state index contributed by atoms with van der Waals surface area (Å²) in [7, 11) is 2.08. The van der Waals surface area contributed by atoms with Crippen LogP contribution in [0.15, 0.2) is 48.5 Å². The maximum Gasteiger partial charge on any atom is 0.0406 e. The van der Waals surface area contributed by atoms with Crippen LogP contribution in [0.1, 0.15) is 35.6 Å². The standard InChI is InChI=1S/C19H22ClN/c1-21-19-16(13-14-9-11-17(20)12-10-14)7-4-6-15-5-2-3-8-18(15)19/h2-3,5,8-12,16,19,21H,4,6-7,13H2,1H3. The second-order valence-electron chi connectivity index (χ2n) is 5.95. The van der Waals surface area contributed by atoms with Gasteiger partial charge in [0.25, 0.3) is 0 Å². The first-order valence-electron chi connectivity index (χ1n) is 7.77. The van der Waals surface area contributed by atoms with Gasteiger partial charge in [-0.25, -0.2) is 0 Å². The normalized spacial score (nSPS) is 21.6. The van der Waals surface area contributed by atoms with Crippen molar-refractivity contribution in [3.8, 4) is 0 Å². The van der Waals surface area contributed by atoms with Gasteiger partial charge in [-0.15, -0.1) is 0 Å².